The summed E-state index contributed by atoms with van der Waals surface area (Å²) >= 11 is 0. The molecule has 3 rings (SSSR count). The molecule has 0 unspecified atom stereocenters. The Kier molecular flexibility index (Phi) is 15.5. The largest absolute Gasteiger partial charge is 0.478 e. The number of carboxylic acids is 1. The molecule has 0 saturated heterocycles. The predicted octanol–water partition coefficient (Wildman–Crippen LogP) is 8.65. The van der Waals surface area contributed by atoms with Crippen molar-refractivity contribution in [2.45, 2.75) is 118 Å². The van der Waals surface area contributed by atoms with Crippen LogP contribution in [0, 0.1) is 6.92 Å². The Labute approximate surface area is 244 Å². The lowest BCUT2D eigenvalue weighted by Gasteiger charge is -2.09. The molecule has 0 atom stereocenters. The minimum absolute atomic E-state index is 0.136. The minimum Gasteiger partial charge on any atom is -0.478 e. The van der Waals surface area contributed by atoms with E-state index in [2.05, 4.69) is 24.1 Å². The number of amides is 1. The minimum atomic E-state index is -1.02. The molecule has 1 amide bonds. The van der Waals surface area contributed by atoms with Crippen LogP contribution < -0.4 is 10.9 Å². The number of aromatic nitrogens is 1. The van der Waals surface area contributed by atoms with Crippen LogP contribution in [0.2, 0.25) is 0 Å². The second-order valence-corrected chi connectivity index (χ2v) is 10.8. The maximum atomic E-state index is 11.7. The molecule has 41 heavy (non-hydrogen) atoms. The average Bonchev–Trinajstić information content (AvgIpc) is 2.92. The lowest BCUT2D eigenvalue weighted by atomic mass is 10.0. The summed E-state index contributed by atoms with van der Waals surface area (Å²) in [5.41, 5.74) is 3.31. The average molecular weight is 565 g/mol. The Balaban J connectivity index is 0.000000287. The van der Waals surface area contributed by atoms with Crippen molar-refractivity contribution in [1.29, 1.82) is 0 Å². The molecule has 7 nitrogen and oxygen atoms in total. The number of carboxylic acid groups (broad SMARTS) is 1. The molecule has 0 spiro atoms. The second-order valence-electron chi connectivity index (χ2n) is 10.8. The zero-order valence-electron chi connectivity index (χ0n) is 25.4. The van der Waals surface area contributed by atoms with Crippen LogP contribution in [0.4, 0.5) is 5.69 Å². The van der Waals surface area contributed by atoms with Gasteiger partial charge in [0.25, 0.3) is 0 Å². The molecule has 224 valence electrons. The number of rotatable bonds is 16. The molecular weight excluding hydrogens is 516 g/mol. The van der Waals surface area contributed by atoms with Gasteiger partial charge in [-0.25, -0.2) is 14.6 Å². The highest BCUT2D eigenvalue weighted by Gasteiger charge is 2.12. The monoisotopic (exact) mass is 564 g/mol. The molecule has 0 aliphatic carbocycles. The third-order valence-electron chi connectivity index (χ3n) is 7.06. The van der Waals surface area contributed by atoms with Crippen molar-refractivity contribution in [1.82, 2.24) is 4.98 Å². The number of hydrogen-bond donors (Lipinski definition) is 2. The predicted molar refractivity (Wildman–Crippen MR) is 167 cm³/mol. The van der Waals surface area contributed by atoms with Crippen LogP contribution >= 0.6 is 0 Å². The number of carbonyl (C=O) groups excluding carboxylic acids is 1. The number of fused-ring (bicyclic) bond motifs is 1. The van der Waals surface area contributed by atoms with E-state index in [9.17, 15) is 14.4 Å². The van der Waals surface area contributed by atoms with E-state index in [1.54, 1.807) is 19.1 Å². The summed E-state index contributed by atoms with van der Waals surface area (Å²) in [6.07, 6.45) is 17.1. The number of anilines is 1. The standard InChI is InChI=1S/C17H25NO3.C17H23NO2/c1-3-4-5-6-7-8-9-14-10-11-15(17(20)21)16(12-14)18-13(2)19;1-3-4-5-6-7-8-9-14-10-11-15-16(12-14)18-13(2)20-17(15)19/h10-12H,3-9H2,1-2H3,(H,18,19)(H,20,21);10-12H,3-9H2,1-2H3. The highest BCUT2D eigenvalue weighted by molar-refractivity contribution is 6.00. The van der Waals surface area contributed by atoms with E-state index in [0.717, 1.165) is 30.3 Å². The van der Waals surface area contributed by atoms with E-state index >= 15 is 0 Å². The van der Waals surface area contributed by atoms with Gasteiger partial charge in [-0.2, -0.15) is 0 Å². The number of carbonyl (C=O) groups is 2. The van der Waals surface area contributed by atoms with Gasteiger partial charge in [-0.1, -0.05) is 90.2 Å². The van der Waals surface area contributed by atoms with E-state index in [-0.39, 0.29) is 17.1 Å². The van der Waals surface area contributed by atoms with Crippen molar-refractivity contribution >= 4 is 28.5 Å². The number of aromatic carboxylic acids is 1. The molecular formula is C34H48N2O5. The van der Waals surface area contributed by atoms with Gasteiger partial charge >= 0.3 is 11.6 Å². The Morgan fingerprint density at radius 1 is 0.805 bits per heavy atom. The zero-order valence-corrected chi connectivity index (χ0v) is 25.4. The first-order valence-electron chi connectivity index (χ1n) is 15.3. The lowest BCUT2D eigenvalue weighted by molar-refractivity contribution is -0.114. The van der Waals surface area contributed by atoms with Gasteiger partial charge < -0.3 is 14.8 Å². The highest BCUT2D eigenvalue weighted by atomic mass is 16.4. The summed E-state index contributed by atoms with van der Waals surface area (Å²) in [6.45, 7) is 7.53. The number of unbranched alkanes of at least 4 members (excludes halogenated alkanes) is 10. The summed E-state index contributed by atoms with van der Waals surface area (Å²) in [4.78, 5) is 38.2. The molecule has 0 aliphatic rings. The van der Waals surface area contributed by atoms with Crippen LogP contribution in [0.5, 0.6) is 0 Å². The Hall–Kier alpha value is -3.48. The zero-order chi connectivity index (χ0) is 30.0. The van der Waals surface area contributed by atoms with Gasteiger partial charge in [-0.05, 0) is 61.1 Å². The maximum Gasteiger partial charge on any atom is 0.346 e. The number of benzene rings is 2. The van der Waals surface area contributed by atoms with Gasteiger partial charge in [0, 0.05) is 13.8 Å². The van der Waals surface area contributed by atoms with E-state index < -0.39 is 5.97 Å². The van der Waals surface area contributed by atoms with E-state index in [0.29, 0.717) is 17.0 Å². The van der Waals surface area contributed by atoms with Gasteiger partial charge in [0.15, 0.2) is 5.89 Å². The quantitative estimate of drug-likeness (QED) is 0.169. The Bertz CT molecular complexity index is 1300. The van der Waals surface area contributed by atoms with E-state index in [1.807, 2.05) is 24.3 Å². The molecule has 0 fully saturated rings. The summed E-state index contributed by atoms with van der Waals surface area (Å²) in [7, 11) is 0. The molecule has 0 bridgehead atoms. The van der Waals surface area contributed by atoms with Crippen molar-refractivity contribution < 1.29 is 19.1 Å². The number of hydrogen-bond acceptors (Lipinski definition) is 5. The first kappa shape index (κ1) is 33.7. The first-order chi connectivity index (χ1) is 19.7. The molecule has 3 aromatic rings. The molecule has 0 aliphatic heterocycles. The fourth-order valence-corrected chi connectivity index (χ4v) is 4.82. The third kappa shape index (κ3) is 12.7. The maximum absolute atomic E-state index is 11.7. The molecule has 2 N–H and O–H groups in total. The fourth-order valence-electron chi connectivity index (χ4n) is 4.82. The summed E-state index contributed by atoms with van der Waals surface area (Å²) < 4.78 is 5.00. The molecule has 2 aromatic carbocycles. The van der Waals surface area contributed by atoms with Gasteiger partial charge in [0.05, 0.1) is 22.2 Å². The van der Waals surface area contributed by atoms with Gasteiger partial charge in [0.2, 0.25) is 5.91 Å². The summed E-state index contributed by atoms with van der Waals surface area (Å²) in [6, 6.07) is 11.0. The van der Waals surface area contributed by atoms with Gasteiger partial charge in [0.1, 0.15) is 0 Å². The number of nitrogens with one attached hydrogen (secondary N) is 1. The Morgan fingerprint density at radius 2 is 1.34 bits per heavy atom. The summed E-state index contributed by atoms with van der Waals surface area (Å²) in [5, 5.41) is 12.3. The lowest BCUT2D eigenvalue weighted by Crippen LogP contribution is -2.11. The normalized spacial score (nSPS) is 10.7. The van der Waals surface area contributed by atoms with Crippen molar-refractivity contribution in [2.24, 2.45) is 0 Å². The second kappa shape index (κ2) is 18.8. The Morgan fingerprint density at radius 3 is 1.90 bits per heavy atom. The van der Waals surface area contributed by atoms with Crippen molar-refractivity contribution in [2.75, 3.05) is 5.32 Å². The van der Waals surface area contributed by atoms with Gasteiger partial charge in [-0.3, -0.25) is 4.79 Å². The van der Waals surface area contributed by atoms with Crippen molar-refractivity contribution in [3.8, 4) is 0 Å². The van der Waals surface area contributed by atoms with Crippen LogP contribution in [0.3, 0.4) is 0 Å². The highest BCUT2D eigenvalue weighted by Crippen LogP contribution is 2.20. The molecule has 1 aromatic heterocycles. The number of nitrogens with zero attached hydrogens (tertiary/aromatic N) is 1. The van der Waals surface area contributed by atoms with E-state index in [4.69, 9.17) is 9.52 Å². The number of aryl methyl sites for hydroxylation is 3. The van der Waals surface area contributed by atoms with Crippen molar-refractivity contribution in [3.63, 3.8) is 0 Å². The van der Waals surface area contributed by atoms with Crippen LogP contribution in [0.15, 0.2) is 45.6 Å². The van der Waals surface area contributed by atoms with Crippen molar-refractivity contribution in [3.05, 3.63) is 69.4 Å². The van der Waals surface area contributed by atoms with Gasteiger partial charge in [-0.15, -0.1) is 0 Å². The van der Waals surface area contributed by atoms with Crippen LogP contribution in [0.1, 0.15) is 125 Å². The molecule has 1 heterocycles. The smallest absolute Gasteiger partial charge is 0.346 e. The third-order valence-corrected chi connectivity index (χ3v) is 7.06. The molecule has 0 saturated carbocycles. The topological polar surface area (TPSA) is 110 Å². The van der Waals surface area contributed by atoms with Crippen LogP contribution in [0.25, 0.3) is 10.9 Å². The fraction of sp³-hybridized carbons (Fsp3) is 0.529. The molecule has 0 radical (unpaired) electrons. The first-order valence-corrected chi connectivity index (χ1v) is 15.3. The molecule has 7 heteroatoms. The van der Waals surface area contributed by atoms with E-state index in [1.165, 1.54) is 83.1 Å². The van der Waals surface area contributed by atoms with Crippen LogP contribution in [-0.4, -0.2) is 22.0 Å². The summed E-state index contributed by atoms with van der Waals surface area (Å²) in [5.74, 6) is -0.849. The van der Waals surface area contributed by atoms with Crippen LogP contribution in [-0.2, 0) is 17.6 Å². The SMILES string of the molecule is CCCCCCCCc1ccc(C(=O)O)c(NC(C)=O)c1.CCCCCCCCc1ccc2c(=O)oc(C)nc2c1.